The number of pyridine rings is 1. The molecule has 0 fully saturated rings. The van der Waals surface area contributed by atoms with Crippen LogP contribution in [0.1, 0.15) is 25.0 Å². The lowest BCUT2D eigenvalue weighted by Crippen LogP contribution is -2.20. The third-order valence-electron chi connectivity index (χ3n) is 3.12. The molecule has 0 saturated heterocycles. The van der Waals surface area contributed by atoms with E-state index in [0.717, 1.165) is 23.7 Å². The maximum absolute atomic E-state index is 5.82. The van der Waals surface area contributed by atoms with Crippen molar-refractivity contribution in [2.24, 2.45) is 5.73 Å². The molecule has 0 aliphatic heterocycles. The number of aromatic nitrogens is 1. The molecule has 0 spiro atoms. The molecule has 0 radical (unpaired) electrons. The van der Waals surface area contributed by atoms with Crippen LogP contribution < -0.4 is 15.4 Å². The minimum atomic E-state index is 0.127. The molecule has 0 bridgehead atoms. The van der Waals surface area contributed by atoms with Crippen LogP contribution in [0.3, 0.4) is 0 Å². The molecule has 0 saturated carbocycles. The summed E-state index contributed by atoms with van der Waals surface area (Å²) < 4.78 is 5.82. The first-order chi connectivity index (χ1) is 10.1. The largest absolute Gasteiger partial charge is 0.487 e. The molecule has 21 heavy (non-hydrogen) atoms. The SMILES string of the molecule is CC(C)Oc1cccnc1N(C)Cc1cccc(CN)c1. The third-order valence-corrected chi connectivity index (χ3v) is 3.12. The van der Waals surface area contributed by atoms with Gasteiger partial charge in [-0.1, -0.05) is 24.3 Å². The Labute approximate surface area is 126 Å². The van der Waals surface area contributed by atoms with E-state index in [1.165, 1.54) is 5.56 Å². The molecule has 2 rings (SSSR count). The molecule has 0 aliphatic carbocycles. The van der Waals surface area contributed by atoms with Gasteiger partial charge in [0.05, 0.1) is 6.10 Å². The Morgan fingerprint density at radius 3 is 2.67 bits per heavy atom. The van der Waals surface area contributed by atoms with Crippen molar-refractivity contribution in [3.8, 4) is 5.75 Å². The molecular weight excluding hydrogens is 262 g/mol. The first-order valence-corrected chi connectivity index (χ1v) is 7.21. The van der Waals surface area contributed by atoms with Crippen molar-refractivity contribution in [3.05, 3.63) is 53.7 Å². The highest BCUT2D eigenvalue weighted by atomic mass is 16.5. The van der Waals surface area contributed by atoms with Crippen LogP contribution in [0.4, 0.5) is 5.82 Å². The molecule has 112 valence electrons. The Morgan fingerprint density at radius 1 is 1.19 bits per heavy atom. The van der Waals surface area contributed by atoms with Gasteiger partial charge in [-0.05, 0) is 37.1 Å². The summed E-state index contributed by atoms with van der Waals surface area (Å²) in [6, 6.07) is 12.1. The van der Waals surface area contributed by atoms with Crippen molar-refractivity contribution in [2.75, 3.05) is 11.9 Å². The van der Waals surface area contributed by atoms with Gasteiger partial charge in [0.25, 0.3) is 0 Å². The molecule has 1 heterocycles. The minimum Gasteiger partial charge on any atom is -0.487 e. The van der Waals surface area contributed by atoms with Gasteiger partial charge in [-0.25, -0.2) is 4.98 Å². The first-order valence-electron chi connectivity index (χ1n) is 7.21. The quantitative estimate of drug-likeness (QED) is 0.886. The number of benzene rings is 1. The Kier molecular flexibility index (Phi) is 5.17. The van der Waals surface area contributed by atoms with Gasteiger partial charge in [0.2, 0.25) is 0 Å². The zero-order chi connectivity index (χ0) is 15.2. The Bertz CT molecular complexity index is 584. The topological polar surface area (TPSA) is 51.4 Å². The summed E-state index contributed by atoms with van der Waals surface area (Å²) in [6.07, 6.45) is 1.91. The van der Waals surface area contributed by atoms with Crippen LogP contribution in [0.25, 0.3) is 0 Å². The van der Waals surface area contributed by atoms with Crippen LogP contribution in [0, 0.1) is 0 Å². The normalized spacial score (nSPS) is 10.7. The summed E-state index contributed by atoms with van der Waals surface area (Å²) in [5.74, 6) is 1.66. The summed E-state index contributed by atoms with van der Waals surface area (Å²) >= 11 is 0. The predicted molar refractivity (Wildman–Crippen MR) is 86.4 cm³/mol. The molecule has 4 heteroatoms. The Hall–Kier alpha value is -2.07. The van der Waals surface area contributed by atoms with Gasteiger partial charge in [-0.2, -0.15) is 0 Å². The van der Waals surface area contributed by atoms with E-state index in [1.807, 2.05) is 45.2 Å². The summed E-state index contributed by atoms with van der Waals surface area (Å²) in [6.45, 7) is 5.35. The lowest BCUT2D eigenvalue weighted by Gasteiger charge is -2.22. The first kappa shape index (κ1) is 15.3. The summed E-state index contributed by atoms with van der Waals surface area (Å²) in [4.78, 5) is 6.54. The van der Waals surface area contributed by atoms with Gasteiger partial charge in [0, 0.05) is 26.3 Å². The predicted octanol–water partition coefficient (Wildman–Crippen LogP) is 2.96. The highest BCUT2D eigenvalue weighted by Gasteiger charge is 2.11. The lowest BCUT2D eigenvalue weighted by atomic mass is 10.1. The number of hydrogen-bond acceptors (Lipinski definition) is 4. The molecule has 2 N–H and O–H groups in total. The second-order valence-corrected chi connectivity index (χ2v) is 5.37. The standard InChI is InChI=1S/C17H23N3O/c1-13(2)21-16-8-5-9-19-17(16)20(3)12-15-7-4-6-14(10-15)11-18/h4-10,13H,11-12,18H2,1-3H3. The fraction of sp³-hybridized carbons (Fsp3) is 0.353. The zero-order valence-electron chi connectivity index (χ0n) is 12.9. The van der Waals surface area contributed by atoms with E-state index in [9.17, 15) is 0 Å². The van der Waals surface area contributed by atoms with Gasteiger partial charge in [-0.3, -0.25) is 0 Å². The van der Waals surface area contributed by atoms with E-state index in [4.69, 9.17) is 10.5 Å². The second kappa shape index (κ2) is 7.09. The number of hydrogen-bond donors (Lipinski definition) is 1. The van der Waals surface area contributed by atoms with E-state index in [0.29, 0.717) is 6.54 Å². The highest BCUT2D eigenvalue weighted by Crippen LogP contribution is 2.26. The van der Waals surface area contributed by atoms with Crippen molar-refractivity contribution >= 4 is 5.82 Å². The van der Waals surface area contributed by atoms with Crippen LogP contribution >= 0.6 is 0 Å². The van der Waals surface area contributed by atoms with Crippen LogP contribution in [0.15, 0.2) is 42.6 Å². The molecule has 4 nitrogen and oxygen atoms in total. The minimum absolute atomic E-state index is 0.127. The van der Waals surface area contributed by atoms with Crippen molar-refractivity contribution in [2.45, 2.75) is 33.0 Å². The van der Waals surface area contributed by atoms with Gasteiger partial charge >= 0.3 is 0 Å². The molecule has 2 aromatic rings. The van der Waals surface area contributed by atoms with E-state index in [-0.39, 0.29) is 6.10 Å². The van der Waals surface area contributed by atoms with Gasteiger partial charge in [0.1, 0.15) is 0 Å². The van der Waals surface area contributed by atoms with Crippen LogP contribution in [-0.4, -0.2) is 18.1 Å². The number of nitrogens with zero attached hydrogens (tertiary/aromatic N) is 2. The maximum Gasteiger partial charge on any atom is 0.171 e. The van der Waals surface area contributed by atoms with Crippen LogP contribution in [0.2, 0.25) is 0 Å². The molecule has 0 aliphatic rings. The monoisotopic (exact) mass is 285 g/mol. The maximum atomic E-state index is 5.82. The highest BCUT2D eigenvalue weighted by molar-refractivity contribution is 5.52. The fourth-order valence-electron chi connectivity index (χ4n) is 2.22. The molecule has 1 aromatic carbocycles. The van der Waals surface area contributed by atoms with E-state index in [2.05, 4.69) is 22.0 Å². The Balaban J connectivity index is 2.17. The number of nitrogens with two attached hydrogens (primary N) is 1. The molecular formula is C17H23N3O. The van der Waals surface area contributed by atoms with Crippen molar-refractivity contribution in [1.29, 1.82) is 0 Å². The smallest absolute Gasteiger partial charge is 0.171 e. The van der Waals surface area contributed by atoms with Crippen LogP contribution in [-0.2, 0) is 13.1 Å². The fourth-order valence-corrected chi connectivity index (χ4v) is 2.22. The van der Waals surface area contributed by atoms with Crippen molar-refractivity contribution < 1.29 is 4.74 Å². The summed E-state index contributed by atoms with van der Waals surface area (Å²) in [7, 11) is 2.02. The van der Waals surface area contributed by atoms with E-state index < -0.39 is 0 Å². The molecule has 0 atom stereocenters. The molecule has 1 aromatic heterocycles. The Morgan fingerprint density at radius 2 is 1.95 bits per heavy atom. The molecule has 0 amide bonds. The number of ether oxygens (including phenoxy) is 1. The van der Waals surface area contributed by atoms with Crippen LogP contribution in [0.5, 0.6) is 5.75 Å². The van der Waals surface area contributed by atoms with Crippen molar-refractivity contribution in [3.63, 3.8) is 0 Å². The average molecular weight is 285 g/mol. The van der Waals surface area contributed by atoms with Gasteiger partial charge < -0.3 is 15.4 Å². The summed E-state index contributed by atoms with van der Waals surface area (Å²) in [5, 5.41) is 0. The van der Waals surface area contributed by atoms with E-state index in [1.54, 1.807) is 6.20 Å². The average Bonchev–Trinajstić information content (AvgIpc) is 2.47. The number of anilines is 1. The van der Waals surface area contributed by atoms with Crippen molar-refractivity contribution in [1.82, 2.24) is 4.98 Å². The zero-order valence-corrected chi connectivity index (χ0v) is 12.9. The van der Waals surface area contributed by atoms with Gasteiger partial charge in [0.15, 0.2) is 11.6 Å². The third kappa shape index (κ3) is 4.20. The number of rotatable bonds is 6. The lowest BCUT2D eigenvalue weighted by molar-refractivity contribution is 0.242. The second-order valence-electron chi connectivity index (χ2n) is 5.37. The summed E-state index contributed by atoms with van der Waals surface area (Å²) in [5.41, 5.74) is 8.04. The van der Waals surface area contributed by atoms with E-state index >= 15 is 0 Å². The molecule has 0 unspecified atom stereocenters. The van der Waals surface area contributed by atoms with Gasteiger partial charge in [-0.15, -0.1) is 0 Å².